The van der Waals surface area contributed by atoms with Crippen LogP contribution in [0.5, 0.6) is 0 Å². The zero-order valence-corrected chi connectivity index (χ0v) is 10.7. The number of anilines is 1. The number of benzene rings is 1. The summed E-state index contributed by atoms with van der Waals surface area (Å²) in [5.74, 6) is 0.206. The molecule has 0 radical (unpaired) electrons. The quantitative estimate of drug-likeness (QED) is 0.853. The maximum absolute atomic E-state index is 13.8. The van der Waals surface area contributed by atoms with Crippen LogP contribution in [0.3, 0.4) is 0 Å². The molecule has 0 spiro atoms. The minimum Gasteiger partial charge on any atom is -0.396 e. The van der Waals surface area contributed by atoms with Gasteiger partial charge in [0.2, 0.25) is 0 Å². The molecule has 2 rings (SSSR count). The van der Waals surface area contributed by atoms with E-state index in [0.717, 1.165) is 9.86 Å². The van der Waals surface area contributed by atoms with Gasteiger partial charge in [0.25, 0.3) is 0 Å². The summed E-state index contributed by atoms with van der Waals surface area (Å²) in [6, 6.07) is 4.91. The third-order valence-electron chi connectivity index (χ3n) is 2.44. The van der Waals surface area contributed by atoms with Crippen molar-refractivity contribution < 1.29 is 9.50 Å². The molecule has 17 heavy (non-hydrogen) atoms. The topological polar surface area (TPSA) is 45.1 Å². The summed E-state index contributed by atoms with van der Waals surface area (Å²) in [5, 5.41) is 13.0. The Balaban J connectivity index is 2.45. The molecule has 90 valence electrons. The van der Waals surface area contributed by atoms with Gasteiger partial charge in [-0.25, -0.2) is 9.37 Å². The van der Waals surface area contributed by atoms with Gasteiger partial charge in [0.15, 0.2) is 0 Å². The highest BCUT2D eigenvalue weighted by Crippen LogP contribution is 2.29. The molecule has 0 unspecified atom stereocenters. The number of nitrogens with zero attached hydrogens (tertiary/aromatic N) is 1. The standard InChI is InChI=1S/C12H12BrFN2O/c13-9-7-16-12(15-5-2-6-17)11-8(9)3-1-4-10(11)14/h1,3-4,7,17H,2,5-6H2,(H,15,16). The molecule has 0 aliphatic heterocycles. The Morgan fingerprint density at radius 1 is 1.41 bits per heavy atom. The van der Waals surface area contributed by atoms with Crippen LogP contribution in [0, 0.1) is 5.82 Å². The lowest BCUT2D eigenvalue weighted by Crippen LogP contribution is -2.06. The zero-order chi connectivity index (χ0) is 12.3. The van der Waals surface area contributed by atoms with E-state index >= 15 is 0 Å². The van der Waals surface area contributed by atoms with Crippen LogP contribution in [0.2, 0.25) is 0 Å². The fraction of sp³-hybridized carbons (Fsp3) is 0.250. The number of fused-ring (bicyclic) bond motifs is 1. The van der Waals surface area contributed by atoms with Gasteiger partial charge in [-0.2, -0.15) is 0 Å². The van der Waals surface area contributed by atoms with Gasteiger partial charge < -0.3 is 10.4 Å². The Hall–Kier alpha value is -1.20. The Morgan fingerprint density at radius 2 is 2.24 bits per heavy atom. The summed E-state index contributed by atoms with van der Waals surface area (Å²) < 4.78 is 14.5. The molecule has 0 bridgehead atoms. The minimum atomic E-state index is -0.303. The second-order valence-electron chi connectivity index (χ2n) is 3.62. The zero-order valence-electron chi connectivity index (χ0n) is 9.08. The van der Waals surface area contributed by atoms with Crippen LogP contribution in [0.15, 0.2) is 28.9 Å². The summed E-state index contributed by atoms with van der Waals surface area (Å²) >= 11 is 3.35. The number of hydrogen-bond donors (Lipinski definition) is 2. The fourth-order valence-corrected chi connectivity index (χ4v) is 2.07. The van der Waals surface area contributed by atoms with Gasteiger partial charge in [-0.15, -0.1) is 0 Å². The molecule has 1 heterocycles. The van der Waals surface area contributed by atoms with Crippen molar-refractivity contribution in [2.75, 3.05) is 18.5 Å². The Labute approximate surface area is 107 Å². The predicted octanol–water partition coefficient (Wildman–Crippen LogP) is 2.93. The first-order chi connectivity index (χ1) is 8.24. The Morgan fingerprint density at radius 3 is 3.00 bits per heavy atom. The maximum atomic E-state index is 13.8. The first kappa shape index (κ1) is 12.3. The number of aliphatic hydroxyl groups excluding tert-OH is 1. The van der Waals surface area contributed by atoms with E-state index in [1.54, 1.807) is 12.3 Å². The summed E-state index contributed by atoms with van der Waals surface area (Å²) in [6.07, 6.45) is 2.25. The van der Waals surface area contributed by atoms with E-state index in [4.69, 9.17) is 5.11 Å². The lowest BCUT2D eigenvalue weighted by molar-refractivity contribution is 0.292. The SMILES string of the molecule is OCCCNc1ncc(Br)c2cccc(F)c12. The lowest BCUT2D eigenvalue weighted by Gasteiger charge is -2.09. The lowest BCUT2D eigenvalue weighted by atomic mass is 10.1. The van der Waals surface area contributed by atoms with Gasteiger partial charge in [0.05, 0.1) is 5.39 Å². The van der Waals surface area contributed by atoms with Gasteiger partial charge in [-0.3, -0.25) is 0 Å². The van der Waals surface area contributed by atoms with Crippen LogP contribution in [-0.2, 0) is 0 Å². The third-order valence-corrected chi connectivity index (χ3v) is 3.07. The van der Waals surface area contributed by atoms with Gasteiger partial charge >= 0.3 is 0 Å². The van der Waals surface area contributed by atoms with E-state index in [1.807, 2.05) is 6.07 Å². The van der Waals surface area contributed by atoms with Crippen molar-refractivity contribution in [2.45, 2.75) is 6.42 Å². The highest BCUT2D eigenvalue weighted by Gasteiger charge is 2.09. The second-order valence-corrected chi connectivity index (χ2v) is 4.48. The molecule has 0 atom stereocenters. The highest BCUT2D eigenvalue weighted by atomic mass is 79.9. The first-order valence-corrected chi connectivity index (χ1v) is 6.11. The molecular formula is C12H12BrFN2O. The van der Waals surface area contributed by atoms with Crippen LogP contribution < -0.4 is 5.32 Å². The van der Waals surface area contributed by atoms with Crippen LogP contribution >= 0.6 is 15.9 Å². The smallest absolute Gasteiger partial charge is 0.136 e. The first-order valence-electron chi connectivity index (χ1n) is 5.31. The molecule has 2 N–H and O–H groups in total. The van der Waals surface area contributed by atoms with Crippen LogP contribution in [0.1, 0.15) is 6.42 Å². The van der Waals surface area contributed by atoms with Crippen LogP contribution in [-0.4, -0.2) is 23.2 Å². The van der Waals surface area contributed by atoms with Crippen molar-refractivity contribution in [2.24, 2.45) is 0 Å². The molecule has 0 saturated carbocycles. The average Bonchev–Trinajstić information content (AvgIpc) is 2.33. The number of hydrogen-bond acceptors (Lipinski definition) is 3. The van der Waals surface area contributed by atoms with E-state index in [2.05, 4.69) is 26.2 Å². The van der Waals surface area contributed by atoms with Crippen molar-refractivity contribution in [1.29, 1.82) is 0 Å². The second kappa shape index (κ2) is 5.42. The molecule has 0 aliphatic rings. The molecule has 2 aromatic rings. The Kier molecular flexibility index (Phi) is 3.91. The maximum Gasteiger partial charge on any atom is 0.136 e. The molecule has 3 nitrogen and oxygen atoms in total. The van der Waals surface area contributed by atoms with Gasteiger partial charge in [0.1, 0.15) is 11.6 Å². The monoisotopic (exact) mass is 298 g/mol. The van der Waals surface area contributed by atoms with E-state index in [-0.39, 0.29) is 12.4 Å². The molecule has 1 aromatic carbocycles. The average molecular weight is 299 g/mol. The van der Waals surface area contributed by atoms with Crippen LogP contribution in [0.4, 0.5) is 10.2 Å². The summed E-state index contributed by atoms with van der Waals surface area (Å²) in [5.41, 5.74) is 0. The summed E-state index contributed by atoms with van der Waals surface area (Å²) in [4.78, 5) is 4.16. The number of halogens is 2. The highest BCUT2D eigenvalue weighted by molar-refractivity contribution is 9.10. The van der Waals surface area contributed by atoms with Crippen molar-refractivity contribution in [3.8, 4) is 0 Å². The predicted molar refractivity (Wildman–Crippen MR) is 69.6 cm³/mol. The number of rotatable bonds is 4. The van der Waals surface area contributed by atoms with E-state index in [1.165, 1.54) is 6.07 Å². The fourth-order valence-electron chi connectivity index (χ4n) is 1.64. The van der Waals surface area contributed by atoms with Crippen LogP contribution in [0.25, 0.3) is 10.8 Å². The number of pyridine rings is 1. The Bertz CT molecular complexity index is 533. The van der Waals surface area contributed by atoms with E-state index in [9.17, 15) is 4.39 Å². The summed E-state index contributed by atoms with van der Waals surface area (Å²) in [6.45, 7) is 0.665. The number of nitrogens with one attached hydrogen (secondary N) is 1. The molecule has 0 amide bonds. The largest absolute Gasteiger partial charge is 0.396 e. The molecule has 5 heteroatoms. The van der Waals surface area contributed by atoms with Gasteiger partial charge in [-0.1, -0.05) is 12.1 Å². The van der Waals surface area contributed by atoms with Crippen molar-refractivity contribution >= 4 is 32.5 Å². The minimum absolute atomic E-state index is 0.101. The molecular weight excluding hydrogens is 287 g/mol. The summed E-state index contributed by atoms with van der Waals surface area (Å²) in [7, 11) is 0. The van der Waals surface area contributed by atoms with Crippen molar-refractivity contribution in [3.05, 3.63) is 34.7 Å². The normalized spacial score (nSPS) is 10.8. The van der Waals surface area contributed by atoms with Crippen molar-refractivity contribution in [3.63, 3.8) is 0 Å². The molecule has 0 aliphatic carbocycles. The van der Waals surface area contributed by atoms with Crippen molar-refractivity contribution in [1.82, 2.24) is 4.98 Å². The third kappa shape index (κ3) is 2.56. The van der Waals surface area contributed by atoms with Gasteiger partial charge in [0, 0.05) is 29.2 Å². The van der Waals surface area contributed by atoms with E-state index < -0.39 is 0 Å². The number of aromatic nitrogens is 1. The number of aliphatic hydroxyl groups is 1. The molecule has 0 saturated heterocycles. The van der Waals surface area contributed by atoms with Gasteiger partial charge in [-0.05, 0) is 28.4 Å². The molecule has 1 aromatic heterocycles. The molecule has 0 fully saturated rings. The van der Waals surface area contributed by atoms with E-state index in [0.29, 0.717) is 24.2 Å².